The van der Waals surface area contributed by atoms with E-state index in [0.29, 0.717) is 66.3 Å². The number of aromatic nitrogens is 4. The SMILES string of the molecule is COCCn1ccc2cc(Nc3nccc(-c4cc(C#N)c5c(c4)C(C)(CO[Si](C)(C)C(C)(C)C)CN5C(=O)OC(C)(C)C)n3)c(OC)nc21. The van der Waals surface area contributed by atoms with E-state index in [1.165, 1.54) is 0 Å². The first-order valence-corrected chi connectivity index (χ1v) is 19.7. The van der Waals surface area contributed by atoms with Crippen LogP contribution in [0.1, 0.15) is 59.6 Å². The van der Waals surface area contributed by atoms with Crippen LogP contribution in [0, 0.1) is 11.3 Å². The molecule has 0 aliphatic carbocycles. The summed E-state index contributed by atoms with van der Waals surface area (Å²) in [6, 6.07) is 11.9. The number of ether oxygens (including phenoxy) is 3. The van der Waals surface area contributed by atoms with Crippen LogP contribution in [0.3, 0.4) is 0 Å². The summed E-state index contributed by atoms with van der Waals surface area (Å²) in [5, 5.41) is 14.7. The number of hydrogen-bond acceptors (Lipinski definition) is 10. The molecule has 1 N–H and O–H groups in total. The molecule has 4 heterocycles. The highest BCUT2D eigenvalue weighted by molar-refractivity contribution is 6.74. The van der Waals surface area contributed by atoms with Crippen LogP contribution in [-0.2, 0) is 25.9 Å². The van der Waals surface area contributed by atoms with Crippen LogP contribution in [0.4, 0.5) is 22.1 Å². The molecule has 50 heavy (non-hydrogen) atoms. The second-order valence-electron chi connectivity index (χ2n) is 15.6. The predicted molar refractivity (Wildman–Crippen MR) is 198 cm³/mol. The fourth-order valence-corrected chi connectivity index (χ4v) is 6.81. The van der Waals surface area contributed by atoms with Crippen LogP contribution >= 0.6 is 0 Å². The van der Waals surface area contributed by atoms with E-state index in [-0.39, 0.29) is 5.04 Å². The summed E-state index contributed by atoms with van der Waals surface area (Å²) in [4.78, 5) is 29.2. The van der Waals surface area contributed by atoms with E-state index in [4.69, 9.17) is 28.6 Å². The summed E-state index contributed by atoms with van der Waals surface area (Å²) >= 11 is 0. The van der Waals surface area contributed by atoms with Gasteiger partial charge >= 0.3 is 6.09 Å². The number of pyridine rings is 1. The van der Waals surface area contributed by atoms with E-state index in [2.05, 4.69) is 57.2 Å². The van der Waals surface area contributed by atoms with Crippen LogP contribution in [0.5, 0.6) is 5.88 Å². The lowest BCUT2D eigenvalue weighted by Gasteiger charge is -2.39. The van der Waals surface area contributed by atoms with Crippen LogP contribution in [0.15, 0.2) is 42.7 Å². The Morgan fingerprint density at radius 3 is 2.48 bits per heavy atom. The zero-order chi connectivity index (χ0) is 36.6. The fraction of sp³-hybridized carbons (Fsp3) is 0.486. The molecule has 4 aromatic rings. The number of carbonyl (C=O) groups excluding carboxylic acids is 1. The van der Waals surface area contributed by atoms with E-state index in [1.807, 2.05) is 49.7 Å². The quantitative estimate of drug-likeness (QED) is 0.163. The second kappa shape index (κ2) is 13.7. The number of fused-ring (bicyclic) bond motifs is 2. The highest BCUT2D eigenvalue weighted by atomic mass is 28.4. The molecule has 1 aliphatic heterocycles. The first-order chi connectivity index (χ1) is 23.4. The van der Waals surface area contributed by atoms with E-state index in [0.717, 1.165) is 16.6 Å². The van der Waals surface area contributed by atoms with Gasteiger partial charge in [-0.3, -0.25) is 4.90 Å². The van der Waals surface area contributed by atoms with Crippen LogP contribution < -0.4 is 15.0 Å². The maximum atomic E-state index is 13.6. The number of carbonyl (C=O) groups is 1. The van der Waals surface area contributed by atoms with Crippen molar-refractivity contribution in [3.8, 4) is 23.2 Å². The maximum absolute atomic E-state index is 13.6. The average molecular weight is 700 g/mol. The molecule has 266 valence electrons. The Balaban J connectivity index is 1.54. The smallest absolute Gasteiger partial charge is 0.414 e. The molecule has 1 aliphatic rings. The molecule has 1 amide bonds. The van der Waals surface area contributed by atoms with E-state index in [9.17, 15) is 10.1 Å². The summed E-state index contributed by atoms with van der Waals surface area (Å²) < 4.78 is 25.5. The minimum atomic E-state index is -2.15. The summed E-state index contributed by atoms with van der Waals surface area (Å²) in [6.07, 6.45) is 3.13. The van der Waals surface area contributed by atoms with Gasteiger partial charge in [0.25, 0.3) is 0 Å². The maximum Gasteiger partial charge on any atom is 0.414 e. The number of amides is 1. The van der Waals surface area contributed by atoms with Crippen molar-refractivity contribution in [2.45, 2.75) is 84.2 Å². The summed E-state index contributed by atoms with van der Waals surface area (Å²) in [5.41, 5.74) is 3.10. The molecule has 12 nitrogen and oxygen atoms in total. The molecule has 1 unspecified atom stereocenters. The van der Waals surface area contributed by atoms with E-state index < -0.39 is 25.4 Å². The number of nitrogens with one attached hydrogen (secondary N) is 1. The first kappa shape index (κ1) is 36.8. The van der Waals surface area contributed by atoms with Crippen molar-refractivity contribution in [2.24, 2.45) is 0 Å². The van der Waals surface area contributed by atoms with Crippen LogP contribution in [-0.4, -0.2) is 73.5 Å². The van der Waals surface area contributed by atoms with Gasteiger partial charge < -0.3 is 28.5 Å². The molecule has 0 saturated carbocycles. The molecule has 0 fully saturated rings. The molecule has 0 bridgehead atoms. The van der Waals surface area contributed by atoms with Gasteiger partial charge in [-0.1, -0.05) is 27.7 Å². The third-order valence-electron chi connectivity index (χ3n) is 9.46. The lowest BCUT2D eigenvalue weighted by atomic mass is 9.83. The summed E-state index contributed by atoms with van der Waals surface area (Å²) in [5.74, 6) is 0.729. The Kier molecular flexibility index (Phi) is 10.0. The first-order valence-electron chi connectivity index (χ1n) is 16.8. The lowest BCUT2D eigenvalue weighted by molar-refractivity contribution is 0.0575. The van der Waals surface area contributed by atoms with Gasteiger partial charge in [0, 0.05) is 55.6 Å². The molecule has 5 rings (SSSR count). The number of nitrogens with zero attached hydrogens (tertiary/aromatic N) is 6. The lowest BCUT2D eigenvalue weighted by Crippen LogP contribution is -2.46. The molecular formula is C37H49N7O5Si. The molecule has 1 atom stereocenters. The number of hydrogen-bond donors (Lipinski definition) is 1. The molecule has 0 spiro atoms. The summed E-state index contributed by atoms with van der Waals surface area (Å²) in [6.45, 7) is 20.5. The van der Waals surface area contributed by atoms with Crippen molar-refractivity contribution in [1.82, 2.24) is 19.5 Å². The van der Waals surface area contributed by atoms with Crippen molar-refractivity contribution in [3.05, 3.63) is 53.9 Å². The van der Waals surface area contributed by atoms with Gasteiger partial charge in [-0.15, -0.1) is 0 Å². The number of anilines is 3. The van der Waals surface area contributed by atoms with E-state index in [1.54, 1.807) is 37.4 Å². The number of methoxy groups -OCH3 is 2. The Morgan fingerprint density at radius 1 is 1.10 bits per heavy atom. The zero-order valence-electron chi connectivity index (χ0n) is 31.1. The van der Waals surface area contributed by atoms with E-state index >= 15 is 0 Å². The van der Waals surface area contributed by atoms with Gasteiger partial charge in [0.05, 0.1) is 30.7 Å². The molecule has 0 radical (unpaired) electrons. The molecule has 13 heteroatoms. The Labute approximate surface area is 295 Å². The standard InChI is InChI=1S/C37H49N7O5Si/c1-35(2,3)49-34(45)44-22-37(7,23-48-50(10,11)36(4,5)6)27-19-25(18-26(21-38)30(27)44)28-12-14-39-33(40-28)41-29-20-24-13-15-43(16-17-46-8)31(24)42-32(29)47-9/h12-15,18-20H,16-17,22-23H2,1-11H3,(H,39,40,41). The van der Waals surface area contributed by atoms with Crippen molar-refractivity contribution < 1.29 is 23.4 Å². The number of nitriles is 1. The molecule has 1 aromatic carbocycles. The van der Waals surface area contributed by atoms with Crippen molar-refractivity contribution in [3.63, 3.8) is 0 Å². The fourth-order valence-electron chi connectivity index (χ4n) is 5.70. The van der Waals surface area contributed by atoms with Gasteiger partial charge in [0.1, 0.15) is 23.0 Å². The van der Waals surface area contributed by atoms with Gasteiger partial charge in [-0.25, -0.2) is 14.8 Å². The minimum absolute atomic E-state index is 0.00359. The third kappa shape index (κ3) is 7.47. The van der Waals surface area contributed by atoms with Crippen molar-refractivity contribution in [1.29, 1.82) is 5.26 Å². The number of rotatable bonds is 10. The number of benzene rings is 1. The normalized spacial score (nSPS) is 16.3. The van der Waals surface area contributed by atoms with Gasteiger partial charge in [0.15, 0.2) is 8.32 Å². The molecule has 0 saturated heterocycles. The summed E-state index contributed by atoms with van der Waals surface area (Å²) in [7, 11) is 1.08. The average Bonchev–Trinajstić information content (AvgIpc) is 3.58. The van der Waals surface area contributed by atoms with Crippen molar-refractivity contribution >= 4 is 42.8 Å². The van der Waals surface area contributed by atoms with Gasteiger partial charge in [-0.2, -0.15) is 10.2 Å². The van der Waals surface area contributed by atoms with Crippen molar-refractivity contribution in [2.75, 3.05) is 44.2 Å². The van der Waals surface area contributed by atoms with Crippen LogP contribution in [0.25, 0.3) is 22.3 Å². The second-order valence-corrected chi connectivity index (χ2v) is 20.4. The molecular weight excluding hydrogens is 651 g/mol. The predicted octanol–water partition coefficient (Wildman–Crippen LogP) is 7.80. The third-order valence-corrected chi connectivity index (χ3v) is 13.9. The highest BCUT2D eigenvalue weighted by Gasteiger charge is 2.47. The Morgan fingerprint density at radius 2 is 1.84 bits per heavy atom. The largest absolute Gasteiger partial charge is 0.479 e. The Bertz CT molecular complexity index is 1940. The van der Waals surface area contributed by atoms with Gasteiger partial charge in [0.2, 0.25) is 11.8 Å². The van der Waals surface area contributed by atoms with Gasteiger partial charge in [-0.05, 0) is 74.8 Å². The minimum Gasteiger partial charge on any atom is -0.479 e. The monoisotopic (exact) mass is 699 g/mol. The topological polar surface area (TPSA) is 137 Å². The zero-order valence-corrected chi connectivity index (χ0v) is 32.1. The highest BCUT2D eigenvalue weighted by Crippen LogP contribution is 2.47. The molecule has 3 aromatic heterocycles. The Hall–Kier alpha value is -4.51. The van der Waals surface area contributed by atoms with Crippen LogP contribution in [0.2, 0.25) is 18.1 Å².